The molecule has 3 heteroatoms. The highest BCUT2D eigenvalue weighted by atomic mass is 32.1. The molecule has 0 nitrogen and oxygen atoms in total. The van der Waals surface area contributed by atoms with E-state index in [1.54, 1.807) is 23.5 Å². The van der Waals surface area contributed by atoms with Crippen LogP contribution < -0.4 is 0 Å². The van der Waals surface area contributed by atoms with Crippen LogP contribution >= 0.6 is 11.3 Å². The van der Waals surface area contributed by atoms with Crippen molar-refractivity contribution in [3.8, 4) is 21.6 Å². The fourth-order valence-corrected chi connectivity index (χ4v) is 4.77. The summed E-state index contributed by atoms with van der Waals surface area (Å²) in [6.45, 7) is 6.53. The Morgan fingerprint density at radius 2 is 1.38 bits per heavy atom. The molecule has 3 aromatic rings. The number of hydrogen-bond donors (Lipinski definition) is 0. The van der Waals surface area contributed by atoms with Gasteiger partial charge in [-0.1, -0.05) is 32.9 Å². The molecular formula is C21H18F2S. The summed E-state index contributed by atoms with van der Waals surface area (Å²) in [4.78, 5) is 1.02. The maximum atomic E-state index is 14.0. The van der Waals surface area contributed by atoms with E-state index in [9.17, 15) is 8.78 Å². The standard InChI is InChI=1S/C21H18F2S/c1-21(2,3)19-14-6-4-12(22)10-17(14)16-8-9-24-20(16)18-11-13(23)5-7-15(18)19/h4-11,19H,1-3H3. The van der Waals surface area contributed by atoms with E-state index in [1.165, 1.54) is 12.1 Å². The third-order valence-corrected chi connectivity index (χ3v) is 5.67. The van der Waals surface area contributed by atoms with E-state index in [0.717, 1.165) is 32.7 Å². The quantitative estimate of drug-likeness (QED) is 0.420. The van der Waals surface area contributed by atoms with Crippen LogP contribution in [0, 0.1) is 17.0 Å². The zero-order valence-corrected chi connectivity index (χ0v) is 14.7. The van der Waals surface area contributed by atoms with Crippen LogP contribution in [-0.4, -0.2) is 0 Å². The molecule has 0 fully saturated rings. The number of hydrogen-bond acceptors (Lipinski definition) is 1. The molecule has 1 unspecified atom stereocenters. The van der Waals surface area contributed by atoms with Gasteiger partial charge < -0.3 is 0 Å². The zero-order valence-electron chi connectivity index (χ0n) is 13.9. The van der Waals surface area contributed by atoms with E-state index >= 15 is 0 Å². The van der Waals surface area contributed by atoms with Gasteiger partial charge in [0.1, 0.15) is 11.6 Å². The minimum Gasteiger partial charge on any atom is -0.207 e. The third kappa shape index (κ3) is 2.30. The summed E-state index contributed by atoms with van der Waals surface area (Å²) < 4.78 is 28.0. The van der Waals surface area contributed by atoms with Crippen molar-refractivity contribution in [2.75, 3.05) is 0 Å². The normalized spacial score (nSPS) is 16.1. The van der Waals surface area contributed by atoms with Crippen LogP contribution in [0.5, 0.6) is 0 Å². The number of fused-ring (bicyclic) bond motifs is 5. The molecule has 0 saturated heterocycles. The summed E-state index contributed by atoms with van der Waals surface area (Å²) in [5.74, 6) is -0.406. The fraction of sp³-hybridized carbons (Fsp3) is 0.238. The largest absolute Gasteiger partial charge is 0.207 e. The second kappa shape index (κ2) is 5.25. The number of rotatable bonds is 0. The molecule has 122 valence electrons. The van der Waals surface area contributed by atoms with Crippen LogP contribution in [-0.2, 0) is 0 Å². The highest BCUT2D eigenvalue weighted by molar-refractivity contribution is 7.14. The van der Waals surface area contributed by atoms with Crippen LogP contribution in [0.2, 0.25) is 0 Å². The van der Waals surface area contributed by atoms with Crippen LogP contribution in [0.25, 0.3) is 21.6 Å². The molecule has 0 radical (unpaired) electrons. The molecule has 24 heavy (non-hydrogen) atoms. The SMILES string of the molecule is CC(C)(C)C1c2ccc(F)cc2-c2ccsc2-c2cc(F)ccc21. The van der Waals surface area contributed by atoms with Gasteiger partial charge in [-0.2, -0.15) is 0 Å². The van der Waals surface area contributed by atoms with Crippen molar-refractivity contribution >= 4 is 11.3 Å². The summed E-state index contributed by atoms with van der Waals surface area (Å²) in [5.41, 5.74) is 4.98. The van der Waals surface area contributed by atoms with Gasteiger partial charge in [0, 0.05) is 16.4 Å². The second-order valence-corrected chi connectivity index (χ2v) is 8.34. The van der Waals surface area contributed by atoms with E-state index in [4.69, 9.17) is 0 Å². The zero-order chi connectivity index (χ0) is 17.1. The highest BCUT2D eigenvalue weighted by Crippen LogP contribution is 2.53. The van der Waals surface area contributed by atoms with E-state index in [-0.39, 0.29) is 23.0 Å². The lowest BCUT2D eigenvalue weighted by molar-refractivity contribution is 0.359. The molecule has 0 saturated carbocycles. The first-order valence-electron chi connectivity index (χ1n) is 8.03. The van der Waals surface area contributed by atoms with Gasteiger partial charge in [0.2, 0.25) is 0 Å². The fourth-order valence-electron chi connectivity index (χ4n) is 3.82. The van der Waals surface area contributed by atoms with Gasteiger partial charge in [-0.3, -0.25) is 0 Å². The van der Waals surface area contributed by atoms with Gasteiger partial charge in [-0.15, -0.1) is 11.3 Å². The monoisotopic (exact) mass is 340 g/mol. The molecular weight excluding hydrogens is 322 g/mol. The molecule has 1 aliphatic rings. The van der Waals surface area contributed by atoms with Crippen molar-refractivity contribution in [3.05, 3.63) is 70.6 Å². The van der Waals surface area contributed by atoms with Gasteiger partial charge in [-0.25, -0.2) is 8.78 Å². The minimum atomic E-state index is -0.240. The Labute approximate surface area is 144 Å². The molecule has 0 spiro atoms. The van der Waals surface area contributed by atoms with Crippen molar-refractivity contribution in [1.82, 2.24) is 0 Å². The molecule has 0 bridgehead atoms. The van der Waals surface area contributed by atoms with Crippen LogP contribution in [0.15, 0.2) is 47.8 Å². The number of thiophene rings is 1. The molecule has 2 aromatic carbocycles. The highest BCUT2D eigenvalue weighted by Gasteiger charge is 2.35. The van der Waals surface area contributed by atoms with E-state index in [0.29, 0.717) is 0 Å². The average molecular weight is 340 g/mol. The van der Waals surface area contributed by atoms with Crippen molar-refractivity contribution in [1.29, 1.82) is 0 Å². The van der Waals surface area contributed by atoms with Crippen molar-refractivity contribution in [2.24, 2.45) is 5.41 Å². The third-order valence-electron chi connectivity index (χ3n) is 4.72. The Morgan fingerprint density at radius 3 is 2.00 bits per heavy atom. The molecule has 1 aliphatic carbocycles. The minimum absolute atomic E-state index is 0.0725. The first kappa shape index (κ1) is 15.5. The number of halogens is 2. The predicted molar refractivity (Wildman–Crippen MR) is 96.4 cm³/mol. The van der Waals surface area contributed by atoms with Crippen LogP contribution in [0.1, 0.15) is 37.8 Å². The van der Waals surface area contributed by atoms with E-state index in [2.05, 4.69) is 20.8 Å². The van der Waals surface area contributed by atoms with Crippen molar-refractivity contribution < 1.29 is 8.78 Å². The van der Waals surface area contributed by atoms with Gasteiger partial charge in [-0.05, 0) is 63.4 Å². The molecule has 0 aliphatic heterocycles. The van der Waals surface area contributed by atoms with E-state index < -0.39 is 0 Å². The second-order valence-electron chi connectivity index (χ2n) is 7.43. The number of benzene rings is 2. The Kier molecular flexibility index (Phi) is 3.40. The molecule has 4 rings (SSSR count). The predicted octanol–water partition coefficient (Wildman–Crippen LogP) is 6.85. The summed E-state index contributed by atoms with van der Waals surface area (Å²) in [5, 5.41) is 1.99. The average Bonchev–Trinajstić information content (AvgIpc) is 2.94. The lowest BCUT2D eigenvalue weighted by atomic mass is 9.71. The topological polar surface area (TPSA) is 0 Å². The molecule has 1 aromatic heterocycles. The van der Waals surface area contributed by atoms with Crippen molar-refractivity contribution in [3.63, 3.8) is 0 Å². The lowest BCUT2D eigenvalue weighted by Gasteiger charge is -2.33. The lowest BCUT2D eigenvalue weighted by Crippen LogP contribution is -2.20. The molecule has 0 N–H and O–H groups in total. The maximum absolute atomic E-state index is 14.0. The van der Waals surface area contributed by atoms with Crippen molar-refractivity contribution in [2.45, 2.75) is 26.7 Å². The van der Waals surface area contributed by atoms with Gasteiger partial charge in [0.25, 0.3) is 0 Å². The first-order chi connectivity index (χ1) is 11.4. The smallest absolute Gasteiger partial charge is 0.123 e. The molecule has 1 heterocycles. The van der Waals surface area contributed by atoms with Gasteiger partial charge in [0.05, 0.1) is 0 Å². The molecule has 1 atom stereocenters. The Balaban J connectivity index is 2.15. The van der Waals surface area contributed by atoms with E-state index in [1.807, 2.05) is 23.6 Å². The Morgan fingerprint density at radius 1 is 0.792 bits per heavy atom. The summed E-state index contributed by atoms with van der Waals surface area (Å²) in [7, 11) is 0. The Hall–Kier alpha value is -2.00. The summed E-state index contributed by atoms with van der Waals surface area (Å²) in [6.07, 6.45) is 0. The van der Waals surface area contributed by atoms with Crippen LogP contribution in [0.3, 0.4) is 0 Å². The van der Waals surface area contributed by atoms with Crippen LogP contribution in [0.4, 0.5) is 8.78 Å². The summed E-state index contributed by atoms with van der Waals surface area (Å²) >= 11 is 1.58. The van der Waals surface area contributed by atoms with Gasteiger partial charge >= 0.3 is 0 Å². The molecule has 0 amide bonds. The maximum Gasteiger partial charge on any atom is 0.123 e. The van der Waals surface area contributed by atoms with Gasteiger partial charge in [0.15, 0.2) is 0 Å². The summed E-state index contributed by atoms with van der Waals surface area (Å²) in [6, 6.07) is 12.1. The Bertz CT molecular complexity index is 863. The first-order valence-corrected chi connectivity index (χ1v) is 8.91.